The van der Waals surface area contributed by atoms with Gasteiger partial charge in [-0.1, -0.05) is 22.7 Å². The summed E-state index contributed by atoms with van der Waals surface area (Å²) < 4.78 is 6.51. The molecule has 0 atom stereocenters. The van der Waals surface area contributed by atoms with Crippen molar-refractivity contribution in [3.63, 3.8) is 0 Å². The third kappa shape index (κ3) is 6.09. The van der Waals surface area contributed by atoms with Crippen molar-refractivity contribution < 1.29 is 14.5 Å². The number of aromatic nitrogens is 1. The number of nitro groups is 1. The van der Waals surface area contributed by atoms with Crippen LogP contribution in [0.2, 0.25) is 0 Å². The molecule has 0 saturated heterocycles. The minimum atomic E-state index is -0.435. The highest BCUT2D eigenvalue weighted by Crippen LogP contribution is 2.32. The second kappa shape index (κ2) is 10.5. The Hall–Kier alpha value is -2.82. The van der Waals surface area contributed by atoms with Gasteiger partial charge in [0.2, 0.25) is 0 Å². The zero-order valence-corrected chi connectivity index (χ0v) is 19.2. The number of carbonyl (C=O) groups excluding carboxylic acids is 1. The van der Waals surface area contributed by atoms with Crippen LogP contribution in [0, 0.1) is 10.1 Å². The van der Waals surface area contributed by atoms with E-state index in [2.05, 4.69) is 9.88 Å². The van der Waals surface area contributed by atoms with Crippen molar-refractivity contribution in [2.75, 3.05) is 38.7 Å². The fraction of sp³-hybridized carbons (Fsp3) is 0.333. The van der Waals surface area contributed by atoms with E-state index in [0.717, 1.165) is 40.3 Å². The SMILES string of the molecule is CCOc1ccc2nc(N(CCCN(C)C)C(=O)C=Cc3ccc([N+](=O)[O-])s3)sc2c1. The molecule has 0 N–H and O–H groups in total. The molecule has 3 aromatic rings. The number of amides is 1. The van der Waals surface area contributed by atoms with E-state index in [1.54, 1.807) is 17.0 Å². The highest BCUT2D eigenvalue weighted by atomic mass is 32.1. The predicted octanol–water partition coefficient (Wildman–Crippen LogP) is 4.66. The van der Waals surface area contributed by atoms with Gasteiger partial charge >= 0.3 is 5.00 Å². The molecule has 10 heteroatoms. The number of benzene rings is 1. The zero-order valence-electron chi connectivity index (χ0n) is 17.6. The van der Waals surface area contributed by atoms with E-state index in [-0.39, 0.29) is 10.9 Å². The number of nitrogens with zero attached hydrogens (tertiary/aromatic N) is 4. The van der Waals surface area contributed by atoms with Crippen molar-refractivity contribution in [3.8, 4) is 5.75 Å². The summed E-state index contributed by atoms with van der Waals surface area (Å²) in [6, 6.07) is 8.77. The molecule has 0 radical (unpaired) electrons. The van der Waals surface area contributed by atoms with E-state index in [4.69, 9.17) is 4.74 Å². The Morgan fingerprint density at radius 2 is 2.03 bits per heavy atom. The smallest absolute Gasteiger partial charge is 0.324 e. The quantitative estimate of drug-likeness (QED) is 0.248. The first-order valence-electron chi connectivity index (χ1n) is 9.79. The first kappa shape index (κ1) is 22.9. The monoisotopic (exact) mass is 460 g/mol. The van der Waals surface area contributed by atoms with Gasteiger partial charge in [0.25, 0.3) is 5.91 Å². The van der Waals surface area contributed by atoms with Crippen LogP contribution in [0.15, 0.2) is 36.4 Å². The molecule has 3 rings (SSSR count). The lowest BCUT2D eigenvalue weighted by molar-refractivity contribution is -0.380. The number of thiophene rings is 1. The standard InChI is InChI=1S/C21H24N4O4S2/c1-4-29-15-6-9-17-18(14-15)31-21(22-17)24(13-5-12-23(2)3)19(26)10-7-16-8-11-20(30-16)25(27)28/h6-11,14H,4-5,12-13H2,1-3H3. The van der Waals surface area contributed by atoms with Gasteiger partial charge in [0.15, 0.2) is 5.13 Å². The maximum absolute atomic E-state index is 13.0. The van der Waals surface area contributed by atoms with Crippen LogP contribution in [0.4, 0.5) is 10.1 Å². The van der Waals surface area contributed by atoms with Crippen molar-refractivity contribution in [1.82, 2.24) is 9.88 Å². The van der Waals surface area contributed by atoms with Crippen LogP contribution < -0.4 is 9.64 Å². The van der Waals surface area contributed by atoms with Gasteiger partial charge in [-0.2, -0.15) is 0 Å². The molecular weight excluding hydrogens is 436 g/mol. The van der Waals surface area contributed by atoms with Crippen molar-refractivity contribution >= 4 is 55.0 Å². The largest absolute Gasteiger partial charge is 0.494 e. The van der Waals surface area contributed by atoms with Crippen molar-refractivity contribution in [3.05, 3.63) is 51.4 Å². The van der Waals surface area contributed by atoms with E-state index in [1.165, 1.54) is 23.5 Å². The molecule has 2 heterocycles. The summed E-state index contributed by atoms with van der Waals surface area (Å²) >= 11 is 2.47. The summed E-state index contributed by atoms with van der Waals surface area (Å²) in [4.78, 5) is 32.5. The summed E-state index contributed by atoms with van der Waals surface area (Å²) in [5.74, 6) is 0.564. The fourth-order valence-electron chi connectivity index (χ4n) is 2.88. The average Bonchev–Trinajstić information content (AvgIpc) is 3.36. The van der Waals surface area contributed by atoms with Crippen LogP contribution in [0.25, 0.3) is 16.3 Å². The summed E-state index contributed by atoms with van der Waals surface area (Å²) in [5, 5.41) is 11.5. The summed E-state index contributed by atoms with van der Waals surface area (Å²) in [6.45, 7) is 3.87. The molecule has 0 saturated carbocycles. The summed E-state index contributed by atoms with van der Waals surface area (Å²) in [7, 11) is 3.98. The third-order valence-corrected chi connectivity index (χ3v) is 6.37. The molecule has 0 aliphatic rings. The van der Waals surface area contributed by atoms with Gasteiger partial charge in [-0.3, -0.25) is 19.8 Å². The number of carbonyl (C=O) groups is 1. The van der Waals surface area contributed by atoms with E-state index in [9.17, 15) is 14.9 Å². The lowest BCUT2D eigenvalue weighted by Crippen LogP contribution is -2.32. The molecule has 0 spiro atoms. The number of rotatable bonds is 10. The molecule has 8 nitrogen and oxygen atoms in total. The predicted molar refractivity (Wildman–Crippen MR) is 126 cm³/mol. The van der Waals surface area contributed by atoms with Crippen molar-refractivity contribution in [2.24, 2.45) is 0 Å². The van der Waals surface area contributed by atoms with Crippen LogP contribution in [-0.4, -0.2) is 54.5 Å². The van der Waals surface area contributed by atoms with Crippen molar-refractivity contribution in [1.29, 1.82) is 0 Å². The zero-order chi connectivity index (χ0) is 22.4. The molecule has 2 aromatic heterocycles. The van der Waals surface area contributed by atoms with Crippen LogP contribution in [0.5, 0.6) is 5.75 Å². The number of hydrogen-bond acceptors (Lipinski definition) is 8. The average molecular weight is 461 g/mol. The summed E-state index contributed by atoms with van der Waals surface area (Å²) in [6.07, 6.45) is 3.85. The Labute approximate surface area is 188 Å². The van der Waals surface area contributed by atoms with E-state index in [1.807, 2.05) is 39.2 Å². The minimum absolute atomic E-state index is 0.0474. The summed E-state index contributed by atoms with van der Waals surface area (Å²) in [5.41, 5.74) is 0.812. The Bertz CT molecular complexity index is 1090. The molecule has 31 heavy (non-hydrogen) atoms. The van der Waals surface area contributed by atoms with Crippen LogP contribution in [-0.2, 0) is 4.79 Å². The molecular formula is C21H24N4O4S2. The normalized spacial score (nSPS) is 11.5. The maximum atomic E-state index is 13.0. The topological polar surface area (TPSA) is 88.8 Å². The maximum Gasteiger partial charge on any atom is 0.324 e. The van der Waals surface area contributed by atoms with Gasteiger partial charge in [0.05, 0.1) is 21.7 Å². The lowest BCUT2D eigenvalue weighted by atomic mass is 10.3. The van der Waals surface area contributed by atoms with E-state index < -0.39 is 4.92 Å². The van der Waals surface area contributed by atoms with Gasteiger partial charge in [0, 0.05) is 23.6 Å². The van der Waals surface area contributed by atoms with Crippen molar-refractivity contribution in [2.45, 2.75) is 13.3 Å². The highest BCUT2D eigenvalue weighted by Gasteiger charge is 2.18. The fourth-order valence-corrected chi connectivity index (χ4v) is 4.63. The van der Waals surface area contributed by atoms with Gasteiger partial charge in [-0.15, -0.1) is 0 Å². The molecule has 0 aliphatic carbocycles. The Morgan fingerprint density at radius 1 is 1.23 bits per heavy atom. The van der Waals surface area contributed by atoms with Crippen LogP contribution in [0.1, 0.15) is 18.2 Å². The van der Waals surface area contributed by atoms with Gasteiger partial charge < -0.3 is 9.64 Å². The van der Waals surface area contributed by atoms with E-state index >= 15 is 0 Å². The molecule has 0 fully saturated rings. The second-order valence-corrected chi connectivity index (χ2v) is 9.08. The van der Waals surface area contributed by atoms with Gasteiger partial charge in [-0.05, 0) is 64.3 Å². The van der Waals surface area contributed by atoms with Crippen LogP contribution >= 0.6 is 22.7 Å². The minimum Gasteiger partial charge on any atom is -0.494 e. The molecule has 0 bridgehead atoms. The number of ether oxygens (including phenoxy) is 1. The molecule has 1 aromatic carbocycles. The van der Waals surface area contributed by atoms with Crippen LogP contribution in [0.3, 0.4) is 0 Å². The van der Waals surface area contributed by atoms with E-state index in [0.29, 0.717) is 23.2 Å². The first-order valence-corrected chi connectivity index (χ1v) is 11.4. The number of thiazole rings is 1. The first-order chi connectivity index (χ1) is 14.9. The van der Waals surface area contributed by atoms with Gasteiger partial charge in [-0.25, -0.2) is 4.98 Å². The van der Waals surface area contributed by atoms with Gasteiger partial charge in [0.1, 0.15) is 5.75 Å². The Kier molecular flexibility index (Phi) is 7.72. The number of anilines is 1. The number of fused-ring (bicyclic) bond motifs is 1. The number of hydrogen-bond donors (Lipinski definition) is 0. The highest BCUT2D eigenvalue weighted by molar-refractivity contribution is 7.22. The molecule has 0 unspecified atom stereocenters. The Morgan fingerprint density at radius 3 is 2.71 bits per heavy atom. The third-order valence-electron chi connectivity index (χ3n) is 4.33. The molecule has 0 aliphatic heterocycles. The molecule has 164 valence electrons. The second-order valence-electron chi connectivity index (χ2n) is 6.97. The molecule has 1 amide bonds. The Balaban J connectivity index is 1.84. The lowest BCUT2D eigenvalue weighted by Gasteiger charge is -2.19.